The molecule has 4 aliphatic rings. The first-order chi connectivity index (χ1) is 17.6. The summed E-state index contributed by atoms with van der Waals surface area (Å²) < 4.78 is 0. The van der Waals surface area contributed by atoms with Crippen molar-refractivity contribution in [1.82, 2.24) is 0 Å². The fraction of sp³-hybridized carbons (Fsp3) is 0.483. The van der Waals surface area contributed by atoms with Crippen LogP contribution in [0, 0.1) is 29.6 Å². The number of fused-ring (bicyclic) bond motifs is 3. The van der Waals surface area contributed by atoms with Gasteiger partial charge in [0.25, 0.3) is 0 Å². The Kier molecular flexibility index (Phi) is 6.25. The van der Waals surface area contributed by atoms with E-state index in [1.165, 1.54) is 0 Å². The van der Waals surface area contributed by atoms with Crippen molar-refractivity contribution in [1.29, 1.82) is 0 Å². The molecule has 4 aliphatic carbocycles. The number of Topliss-reactive ketones (excluding diaryl/α,β-unsaturated/α-hetero) is 2. The molecule has 1 saturated carbocycles. The predicted molar refractivity (Wildman–Crippen MR) is 133 cm³/mol. The summed E-state index contributed by atoms with van der Waals surface area (Å²) in [6.07, 6.45) is 5.64. The van der Waals surface area contributed by atoms with Gasteiger partial charge in [-0.25, -0.2) is 0 Å². The van der Waals surface area contributed by atoms with Crippen molar-refractivity contribution in [3.05, 3.63) is 51.3 Å². The molecule has 37 heavy (non-hydrogen) atoms. The second-order valence-corrected chi connectivity index (χ2v) is 10.6. The summed E-state index contributed by atoms with van der Waals surface area (Å²) >= 11 is 0. The van der Waals surface area contributed by atoms with Crippen LogP contribution < -0.4 is 5.73 Å². The number of rotatable bonds is 2. The number of aryl methyl sites for hydroxylation is 1. The number of allylic oxidation sites excluding steroid dienone is 3. The third-order valence-corrected chi connectivity index (χ3v) is 8.51. The number of benzene rings is 1. The molecule has 5 atom stereocenters. The standard InChI is InChI=1S/C29H31NO7/c1-2-15-10-16(9-8-14-6-4-3-5-7-14)24(32)22-19(15)12-17-11-18-13-20(31)23(28(30)36)27(35)29(18,37)26(34)21(17)25(22)33/h6,10,17-18,20,23,31-32,34,37H,2-5,7,11-13H2,1H3,(H2,30,36)/t17-,18+,20?,23?,29+/m1/s1. The van der Waals surface area contributed by atoms with E-state index in [2.05, 4.69) is 17.9 Å². The molecule has 194 valence electrons. The highest BCUT2D eigenvalue weighted by Crippen LogP contribution is 2.52. The van der Waals surface area contributed by atoms with Gasteiger partial charge in [-0.15, -0.1) is 0 Å². The lowest BCUT2D eigenvalue weighted by atomic mass is 9.57. The van der Waals surface area contributed by atoms with E-state index in [4.69, 9.17) is 5.73 Å². The van der Waals surface area contributed by atoms with E-state index in [0.29, 0.717) is 24.0 Å². The Morgan fingerprint density at radius 1 is 1.19 bits per heavy atom. The van der Waals surface area contributed by atoms with E-state index in [-0.39, 0.29) is 29.7 Å². The highest BCUT2D eigenvalue weighted by Gasteiger charge is 2.62. The topological polar surface area (TPSA) is 158 Å². The molecule has 8 nitrogen and oxygen atoms in total. The summed E-state index contributed by atoms with van der Waals surface area (Å²) in [5.41, 5.74) is 5.51. The highest BCUT2D eigenvalue weighted by atomic mass is 16.3. The van der Waals surface area contributed by atoms with Gasteiger partial charge in [-0.3, -0.25) is 14.4 Å². The molecule has 1 amide bonds. The van der Waals surface area contributed by atoms with Gasteiger partial charge in [0.05, 0.1) is 17.2 Å². The number of amides is 1. The Labute approximate surface area is 214 Å². The summed E-state index contributed by atoms with van der Waals surface area (Å²) in [5.74, 6) is -0.954. The fourth-order valence-corrected chi connectivity index (χ4v) is 6.58. The van der Waals surface area contributed by atoms with Crippen LogP contribution in [0.5, 0.6) is 5.75 Å². The zero-order valence-electron chi connectivity index (χ0n) is 20.7. The molecular formula is C29H31NO7. The molecule has 1 aromatic carbocycles. The average molecular weight is 506 g/mol. The number of aliphatic hydroxyl groups is 3. The number of carbonyl (C=O) groups is 3. The van der Waals surface area contributed by atoms with Gasteiger partial charge in [0.2, 0.25) is 5.91 Å². The number of primary amides is 1. The highest BCUT2D eigenvalue weighted by molar-refractivity contribution is 6.15. The molecule has 5 rings (SSSR count). The van der Waals surface area contributed by atoms with Crippen molar-refractivity contribution in [2.24, 2.45) is 23.5 Å². The molecule has 0 aromatic heterocycles. The molecule has 0 aliphatic heterocycles. The van der Waals surface area contributed by atoms with Crippen LogP contribution in [0.3, 0.4) is 0 Å². The Bertz CT molecular complexity index is 1340. The third kappa shape index (κ3) is 3.80. The molecule has 1 aromatic rings. The van der Waals surface area contributed by atoms with Crippen molar-refractivity contribution in [3.63, 3.8) is 0 Å². The number of ketones is 2. The van der Waals surface area contributed by atoms with E-state index in [0.717, 1.165) is 36.8 Å². The summed E-state index contributed by atoms with van der Waals surface area (Å²) in [7, 11) is 0. The predicted octanol–water partition coefficient (Wildman–Crippen LogP) is 2.16. The third-order valence-electron chi connectivity index (χ3n) is 8.51. The molecule has 8 heteroatoms. The maximum atomic E-state index is 13.8. The Morgan fingerprint density at radius 2 is 1.95 bits per heavy atom. The van der Waals surface area contributed by atoms with E-state index < -0.39 is 52.7 Å². The molecule has 0 radical (unpaired) electrons. The first-order valence-corrected chi connectivity index (χ1v) is 12.9. The monoisotopic (exact) mass is 505 g/mol. The van der Waals surface area contributed by atoms with Gasteiger partial charge < -0.3 is 26.2 Å². The molecule has 0 saturated heterocycles. The number of aromatic hydroxyl groups is 1. The number of phenols is 1. The van der Waals surface area contributed by atoms with Gasteiger partial charge >= 0.3 is 0 Å². The van der Waals surface area contributed by atoms with Crippen molar-refractivity contribution in [2.45, 2.75) is 70.0 Å². The largest absolute Gasteiger partial charge is 0.508 e. The minimum Gasteiger partial charge on any atom is -0.508 e. The quantitative estimate of drug-likeness (QED) is 0.304. The molecule has 0 heterocycles. The Balaban J connectivity index is 1.63. The van der Waals surface area contributed by atoms with Crippen molar-refractivity contribution < 1.29 is 34.8 Å². The molecular weight excluding hydrogens is 474 g/mol. The van der Waals surface area contributed by atoms with Crippen LogP contribution in [-0.2, 0) is 22.4 Å². The lowest BCUT2D eigenvalue weighted by Gasteiger charge is -2.48. The number of aliphatic hydroxyl groups excluding tert-OH is 2. The number of phenolic OH excluding ortho intramolecular Hbond substituents is 1. The Hall–Kier alpha value is -3.41. The molecule has 0 bridgehead atoms. The second kappa shape index (κ2) is 9.16. The van der Waals surface area contributed by atoms with Gasteiger partial charge in [0.1, 0.15) is 17.4 Å². The van der Waals surface area contributed by atoms with Crippen molar-refractivity contribution in [3.8, 4) is 17.6 Å². The van der Waals surface area contributed by atoms with E-state index >= 15 is 0 Å². The molecule has 6 N–H and O–H groups in total. The minimum absolute atomic E-state index is 0.0240. The van der Waals surface area contributed by atoms with E-state index in [1.54, 1.807) is 6.07 Å². The maximum Gasteiger partial charge on any atom is 0.230 e. The summed E-state index contributed by atoms with van der Waals surface area (Å²) in [5, 5.41) is 44.2. The zero-order valence-corrected chi connectivity index (χ0v) is 20.7. The number of hydrogen-bond donors (Lipinski definition) is 5. The van der Waals surface area contributed by atoms with Gasteiger partial charge in [-0.05, 0) is 80.1 Å². The van der Waals surface area contributed by atoms with E-state index in [9.17, 15) is 34.8 Å². The zero-order chi connectivity index (χ0) is 26.6. The SMILES string of the molecule is CCc1cc(C#CC2=CCCCC2)c(O)c2c1C[C@H]1C[C@H]3CC(O)C(C(N)=O)C(=O)[C@@]3(O)C(O)=C1C2=O. The number of nitrogens with two attached hydrogens (primary N) is 1. The van der Waals surface area contributed by atoms with Gasteiger partial charge in [0, 0.05) is 11.5 Å². The number of hydrogen-bond acceptors (Lipinski definition) is 7. The molecule has 2 unspecified atom stereocenters. The first kappa shape index (κ1) is 25.2. The van der Waals surface area contributed by atoms with Crippen LogP contribution in [-0.4, -0.2) is 49.6 Å². The van der Waals surface area contributed by atoms with Crippen molar-refractivity contribution in [2.75, 3.05) is 0 Å². The summed E-state index contributed by atoms with van der Waals surface area (Å²) in [4.78, 5) is 38.8. The van der Waals surface area contributed by atoms with Gasteiger partial charge in [-0.2, -0.15) is 0 Å². The van der Waals surface area contributed by atoms with Crippen LogP contribution in [0.2, 0.25) is 0 Å². The normalized spacial score (nSPS) is 30.9. The van der Waals surface area contributed by atoms with Gasteiger partial charge in [-0.1, -0.05) is 24.8 Å². The average Bonchev–Trinajstić information content (AvgIpc) is 2.86. The van der Waals surface area contributed by atoms with Crippen LogP contribution in [0.25, 0.3) is 0 Å². The van der Waals surface area contributed by atoms with E-state index in [1.807, 2.05) is 6.92 Å². The fourth-order valence-electron chi connectivity index (χ4n) is 6.58. The second-order valence-electron chi connectivity index (χ2n) is 10.6. The van der Waals surface area contributed by atoms with Crippen LogP contribution >= 0.6 is 0 Å². The van der Waals surface area contributed by atoms with Crippen LogP contribution in [0.15, 0.2) is 29.0 Å². The lowest BCUT2D eigenvalue weighted by Crippen LogP contribution is -2.63. The first-order valence-electron chi connectivity index (χ1n) is 12.9. The van der Waals surface area contributed by atoms with Crippen molar-refractivity contribution >= 4 is 17.5 Å². The van der Waals surface area contributed by atoms with Crippen LogP contribution in [0.4, 0.5) is 0 Å². The summed E-state index contributed by atoms with van der Waals surface area (Å²) in [6.45, 7) is 1.95. The maximum absolute atomic E-state index is 13.8. The molecule has 1 fully saturated rings. The van der Waals surface area contributed by atoms with Crippen LogP contribution in [0.1, 0.15) is 72.5 Å². The lowest BCUT2D eigenvalue weighted by molar-refractivity contribution is -0.167. The van der Waals surface area contributed by atoms with Gasteiger partial charge in [0.15, 0.2) is 17.2 Å². The minimum atomic E-state index is -2.51. The summed E-state index contributed by atoms with van der Waals surface area (Å²) in [6, 6.07) is 1.80. The number of carbonyl (C=O) groups excluding carboxylic acids is 3. The molecule has 0 spiro atoms. The smallest absolute Gasteiger partial charge is 0.230 e. The Morgan fingerprint density at radius 3 is 2.59 bits per heavy atom.